The molecule has 1 aromatic heterocycles. The Bertz CT molecular complexity index is 470. The Labute approximate surface area is 127 Å². The molecule has 1 N–H and O–H groups in total. The van der Waals surface area contributed by atoms with Crippen molar-refractivity contribution in [1.82, 2.24) is 15.1 Å². The van der Waals surface area contributed by atoms with E-state index in [2.05, 4.69) is 36.3 Å². The summed E-state index contributed by atoms with van der Waals surface area (Å²) in [7, 11) is 0. The van der Waals surface area contributed by atoms with Crippen LogP contribution >= 0.6 is 0 Å². The number of aromatic nitrogens is 2. The summed E-state index contributed by atoms with van der Waals surface area (Å²) in [6.07, 6.45) is 2.14. The van der Waals surface area contributed by atoms with E-state index < -0.39 is 0 Å². The highest BCUT2D eigenvalue weighted by molar-refractivity contribution is 5.92. The number of likely N-dealkylation sites (tertiary alicyclic amines) is 1. The third-order valence-electron chi connectivity index (χ3n) is 4.25. The summed E-state index contributed by atoms with van der Waals surface area (Å²) in [6, 6.07) is 3.56. The largest absolute Gasteiger partial charge is 0.369 e. The summed E-state index contributed by atoms with van der Waals surface area (Å²) >= 11 is 0. The molecule has 0 aliphatic carbocycles. The van der Waals surface area contributed by atoms with E-state index in [0.717, 1.165) is 32.5 Å². The van der Waals surface area contributed by atoms with Crippen molar-refractivity contribution in [3.05, 3.63) is 17.8 Å². The minimum atomic E-state index is -0.00194. The fourth-order valence-electron chi connectivity index (χ4n) is 2.83. The molecule has 5 heteroatoms. The van der Waals surface area contributed by atoms with E-state index in [1.807, 2.05) is 17.9 Å². The van der Waals surface area contributed by atoms with Crippen LogP contribution in [0, 0.1) is 11.3 Å². The van der Waals surface area contributed by atoms with Crippen molar-refractivity contribution in [3.63, 3.8) is 0 Å². The minimum absolute atomic E-state index is 0.00194. The topological polar surface area (TPSA) is 58.1 Å². The molecule has 0 radical (unpaired) electrons. The second-order valence-corrected chi connectivity index (χ2v) is 6.77. The predicted octanol–water partition coefficient (Wildman–Crippen LogP) is 2.81. The van der Waals surface area contributed by atoms with Gasteiger partial charge in [0.25, 0.3) is 5.91 Å². The van der Waals surface area contributed by atoms with Crippen molar-refractivity contribution in [2.24, 2.45) is 11.3 Å². The van der Waals surface area contributed by atoms with Gasteiger partial charge in [0.2, 0.25) is 0 Å². The average Bonchev–Trinajstić information content (AvgIpc) is 2.47. The van der Waals surface area contributed by atoms with Gasteiger partial charge in [-0.2, -0.15) is 0 Å². The molecule has 1 aliphatic rings. The summed E-state index contributed by atoms with van der Waals surface area (Å²) < 4.78 is 0. The zero-order valence-corrected chi connectivity index (χ0v) is 13.5. The van der Waals surface area contributed by atoms with Gasteiger partial charge in [0.1, 0.15) is 5.82 Å². The van der Waals surface area contributed by atoms with E-state index in [1.165, 1.54) is 0 Å². The number of amides is 1. The van der Waals surface area contributed by atoms with Crippen molar-refractivity contribution in [2.45, 2.75) is 40.5 Å². The third kappa shape index (κ3) is 3.93. The lowest BCUT2D eigenvalue weighted by molar-refractivity contribution is 0.0602. The van der Waals surface area contributed by atoms with Gasteiger partial charge in [-0.15, -0.1) is 10.2 Å². The Hall–Kier alpha value is -1.65. The highest BCUT2D eigenvalue weighted by atomic mass is 16.2. The van der Waals surface area contributed by atoms with E-state index >= 15 is 0 Å². The van der Waals surface area contributed by atoms with Gasteiger partial charge in [-0.25, -0.2) is 0 Å². The lowest BCUT2D eigenvalue weighted by Gasteiger charge is -2.38. The van der Waals surface area contributed by atoms with Crippen LogP contribution in [0.1, 0.15) is 51.0 Å². The molecular weight excluding hydrogens is 264 g/mol. The van der Waals surface area contributed by atoms with E-state index in [-0.39, 0.29) is 5.91 Å². The third-order valence-corrected chi connectivity index (χ3v) is 4.25. The number of piperidine rings is 1. The second-order valence-electron chi connectivity index (χ2n) is 6.77. The zero-order valence-electron chi connectivity index (χ0n) is 13.5. The molecule has 0 aromatic carbocycles. The smallest absolute Gasteiger partial charge is 0.274 e. The lowest BCUT2D eigenvalue weighted by atomic mass is 9.75. The van der Waals surface area contributed by atoms with Gasteiger partial charge in [-0.1, -0.05) is 20.8 Å². The number of carbonyl (C=O) groups is 1. The van der Waals surface area contributed by atoms with E-state index in [0.29, 0.717) is 22.8 Å². The van der Waals surface area contributed by atoms with Crippen molar-refractivity contribution >= 4 is 11.7 Å². The van der Waals surface area contributed by atoms with Crippen LogP contribution in [0.25, 0.3) is 0 Å². The molecule has 1 saturated heterocycles. The van der Waals surface area contributed by atoms with Crippen LogP contribution in [0.15, 0.2) is 12.1 Å². The Morgan fingerprint density at radius 2 is 1.95 bits per heavy atom. The van der Waals surface area contributed by atoms with Gasteiger partial charge in [0.15, 0.2) is 5.69 Å². The van der Waals surface area contributed by atoms with Gasteiger partial charge in [-0.05, 0) is 43.2 Å². The maximum absolute atomic E-state index is 12.4. The van der Waals surface area contributed by atoms with E-state index in [4.69, 9.17) is 0 Å². The SMILES string of the molecule is CCNc1ccc(C(=O)N2CCC(C(C)(C)C)CC2)nn1. The molecular formula is C16H26N4O. The van der Waals surface area contributed by atoms with Crippen LogP contribution in [0.2, 0.25) is 0 Å². The number of nitrogens with one attached hydrogen (secondary N) is 1. The summed E-state index contributed by atoms with van der Waals surface area (Å²) in [4.78, 5) is 14.3. The first-order chi connectivity index (χ1) is 9.91. The van der Waals surface area contributed by atoms with Gasteiger partial charge in [0.05, 0.1) is 0 Å². The zero-order chi connectivity index (χ0) is 15.5. The number of carbonyl (C=O) groups excluding carboxylic acids is 1. The first-order valence-electron chi connectivity index (χ1n) is 7.78. The number of hydrogen-bond acceptors (Lipinski definition) is 4. The number of rotatable bonds is 3. The van der Waals surface area contributed by atoms with Gasteiger partial charge in [-0.3, -0.25) is 4.79 Å². The Kier molecular flexibility index (Phi) is 4.80. The Morgan fingerprint density at radius 3 is 2.43 bits per heavy atom. The average molecular weight is 290 g/mol. The first kappa shape index (κ1) is 15.7. The summed E-state index contributed by atoms with van der Waals surface area (Å²) in [5.74, 6) is 1.39. The molecule has 1 amide bonds. The number of nitrogens with zero attached hydrogens (tertiary/aromatic N) is 3. The van der Waals surface area contributed by atoms with E-state index in [9.17, 15) is 4.79 Å². The molecule has 1 fully saturated rings. The fourth-order valence-corrected chi connectivity index (χ4v) is 2.83. The Morgan fingerprint density at radius 1 is 1.29 bits per heavy atom. The molecule has 2 rings (SSSR count). The van der Waals surface area contributed by atoms with Crippen LogP contribution in [0.4, 0.5) is 5.82 Å². The van der Waals surface area contributed by atoms with Crippen LogP contribution in [0.3, 0.4) is 0 Å². The summed E-state index contributed by atoms with van der Waals surface area (Å²) in [5, 5.41) is 11.1. The van der Waals surface area contributed by atoms with Crippen molar-refractivity contribution in [3.8, 4) is 0 Å². The van der Waals surface area contributed by atoms with Gasteiger partial charge in [0, 0.05) is 19.6 Å². The van der Waals surface area contributed by atoms with Gasteiger partial charge < -0.3 is 10.2 Å². The van der Waals surface area contributed by atoms with Crippen LogP contribution in [0.5, 0.6) is 0 Å². The summed E-state index contributed by atoms with van der Waals surface area (Å²) in [5.41, 5.74) is 0.758. The van der Waals surface area contributed by atoms with Crippen molar-refractivity contribution < 1.29 is 4.79 Å². The van der Waals surface area contributed by atoms with Crippen LogP contribution in [-0.2, 0) is 0 Å². The van der Waals surface area contributed by atoms with Crippen LogP contribution < -0.4 is 5.32 Å². The van der Waals surface area contributed by atoms with Gasteiger partial charge >= 0.3 is 0 Å². The molecule has 1 aromatic rings. The van der Waals surface area contributed by atoms with Crippen molar-refractivity contribution in [2.75, 3.05) is 25.0 Å². The molecule has 0 bridgehead atoms. The minimum Gasteiger partial charge on any atom is -0.369 e. The maximum atomic E-state index is 12.4. The molecule has 0 spiro atoms. The number of anilines is 1. The highest BCUT2D eigenvalue weighted by Crippen LogP contribution is 2.34. The molecule has 116 valence electrons. The molecule has 2 heterocycles. The monoisotopic (exact) mass is 290 g/mol. The summed E-state index contributed by atoms with van der Waals surface area (Å²) in [6.45, 7) is 11.3. The Balaban J connectivity index is 1.95. The number of hydrogen-bond donors (Lipinski definition) is 1. The second kappa shape index (κ2) is 6.41. The normalized spacial score (nSPS) is 16.9. The highest BCUT2D eigenvalue weighted by Gasteiger charge is 2.31. The molecule has 21 heavy (non-hydrogen) atoms. The standard InChI is InChI=1S/C16H26N4O/c1-5-17-14-7-6-13(18-19-14)15(21)20-10-8-12(9-11-20)16(2,3)4/h6-7,12H,5,8-11H2,1-4H3,(H,17,19). The molecule has 5 nitrogen and oxygen atoms in total. The fraction of sp³-hybridized carbons (Fsp3) is 0.688. The van der Waals surface area contributed by atoms with E-state index in [1.54, 1.807) is 6.07 Å². The quantitative estimate of drug-likeness (QED) is 0.930. The maximum Gasteiger partial charge on any atom is 0.274 e. The van der Waals surface area contributed by atoms with Crippen molar-refractivity contribution in [1.29, 1.82) is 0 Å². The first-order valence-corrected chi connectivity index (χ1v) is 7.78. The lowest BCUT2D eigenvalue weighted by Crippen LogP contribution is -2.41. The molecule has 0 unspecified atom stereocenters. The molecule has 0 saturated carbocycles. The molecule has 1 aliphatic heterocycles. The predicted molar refractivity (Wildman–Crippen MR) is 84.3 cm³/mol. The molecule has 0 atom stereocenters. The van der Waals surface area contributed by atoms with Crippen LogP contribution in [-0.4, -0.2) is 40.6 Å².